The summed E-state index contributed by atoms with van der Waals surface area (Å²) in [5, 5.41) is 0. The van der Waals surface area contributed by atoms with E-state index in [1.807, 2.05) is 25.1 Å². The quantitative estimate of drug-likeness (QED) is 0.619. The second kappa shape index (κ2) is 7.90. The summed E-state index contributed by atoms with van der Waals surface area (Å²) in [6, 6.07) is 14.4. The summed E-state index contributed by atoms with van der Waals surface area (Å²) in [4.78, 5) is 12.7. The highest BCUT2D eigenvalue weighted by Crippen LogP contribution is 2.24. The highest BCUT2D eigenvalue weighted by Gasteiger charge is 2.16. The molecule has 0 fully saturated rings. The van der Waals surface area contributed by atoms with Crippen LogP contribution in [0, 0.1) is 0 Å². The van der Waals surface area contributed by atoms with Crippen molar-refractivity contribution in [2.75, 3.05) is 12.9 Å². The zero-order valence-corrected chi connectivity index (χ0v) is 13.7. The number of thiol groups is 1. The zero-order chi connectivity index (χ0) is 15.9. The Labute approximate surface area is 136 Å². The van der Waals surface area contributed by atoms with Gasteiger partial charge in [0.05, 0.1) is 12.7 Å². The molecule has 0 heterocycles. The van der Waals surface area contributed by atoms with Gasteiger partial charge in [-0.25, -0.2) is 0 Å². The minimum absolute atomic E-state index is 0.00634. The van der Waals surface area contributed by atoms with Crippen LogP contribution in [0.2, 0.25) is 0 Å². The summed E-state index contributed by atoms with van der Waals surface area (Å²) in [5.41, 5.74) is 1.17. The third-order valence-electron chi connectivity index (χ3n) is 3.44. The first-order chi connectivity index (χ1) is 10.7. The van der Waals surface area contributed by atoms with Crippen LogP contribution in [0.15, 0.2) is 48.5 Å². The van der Waals surface area contributed by atoms with Crippen LogP contribution in [0.25, 0.3) is 0 Å². The Kier molecular flexibility index (Phi) is 5.90. The van der Waals surface area contributed by atoms with Gasteiger partial charge in [-0.2, -0.15) is 12.6 Å². The lowest BCUT2D eigenvalue weighted by Gasteiger charge is -2.17. The third-order valence-corrected chi connectivity index (χ3v) is 3.84. The van der Waals surface area contributed by atoms with Crippen LogP contribution >= 0.6 is 12.6 Å². The first-order valence-corrected chi connectivity index (χ1v) is 7.88. The highest BCUT2D eigenvalue weighted by molar-refractivity contribution is 7.80. The lowest BCUT2D eigenvalue weighted by molar-refractivity contribution is 0.103. The van der Waals surface area contributed by atoms with E-state index in [0.717, 1.165) is 12.2 Å². The average Bonchev–Trinajstić information content (AvgIpc) is 2.59. The van der Waals surface area contributed by atoms with Crippen molar-refractivity contribution in [3.05, 3.63) is 59.7 Å². The molecule has 22 heavy (non-hydrogen) atoms. The van der Waals surface area contributed by atoms with Crippen LogP contribution < -0.4 is 9.47 Å². The summed E-state index contributed by atoms with van der Waals surface area (Å²) in [6.07, 6.45) is 0.835. The molecule has 1 unspecified atom stereocenters. The number of carbonyl (C=O) groups excluding carboxylic acids is 1. The van der Waals surface area contributed by atoms with Crippen molar-refractivity contribution in [2.24, 2.45) is 0 Å². The van der Waals surface area contributed by atoms with E-state index < -0.39 is 0 Å². The van der Waals surface area contributed by atoms with Crippen molar-refractivity contribution in [1.82, 2.24) is 0 Å². The Morgan fingerprint density at radius 3 is 2.41 bits per heavy atom. The molecule has 0 aliphatic heterocycles. The molecule has 0 aliphatic rings. The van der Waals surface area contributed by atoms with Gasteiger partial charge in [0.1, 0.15) is 17.6 Å². The van der Waals surface area contributed by atoms with E-state index in [4.69, 9.17) is 9.47 Å². The van der Waals surface area contributed by atoms with Gasteiger partial charge in [-0.3, -0.25) is 4.79 Å². The van der Waals surface area contributed by atoms with Gasteiger partial charge in [0.2, 0.25) is 0 Å². The lowest BCUT2D eigenvalue weighted by Crippen LogP contribution is -2.18. The van der Waals surface area contributed by atoms with Gasteiger partial charge < -0.3 is 9.47 Å². The number of ether oxygens (including phenoxy) is 2. The predicted molar refractivity (Wildman–Crippen MR) is 91.4 cm³/mol. The monoisotopic (exact) mass is 316 g/mol. The molecule has 0 saturated heterocycles. The summed E-state index contributed by atoms with van der Waals surface area (Å²) < 4.78 is 11.0. The van der Waals surface area contributed by atoms with Crippen molar-refractivity contribution in [3.8, 4) is 11.5 Å². The number of rotatable bonds is 7. The number of hydrogen-bond donors (Lipinski definition) is 1. The van der Waals surface area contributed by atoms with E-state index in [1.165, 1.54) is 0 Å². The molecule has 2 rings (SSSR count). The minimum atomic E-state index is -0.0627. The van der Waals surface area contributed by atoms with Crippen molar-refractivity contribution in [2.45, 2.75) is 19.4 Å². The Hall–Kier alpha value is -1.94. The molecule has 2 aromatic carbocycles. The van der Waals surface area contributed by atoms with Crippen LogP contribution in [-0.2, 0) is 0 Å². The molecular formula is C18H20O3S. The number of hydrogen-bond acceptors (Lipinski definition) is 4. The third kappa shape index (κ3) is 3.83. The molecule has 116 valence electrons. The molecule has 0 spiro atoms. The van der Waals surface area contributed by atoms with E-state index in [2.05, 4.69) is 12.6 Å². The fourth-order valence-corrected chi connectivity index (χ4v) is 2.42. The highest BCUT2D eigenvalue weighted by atomic mass is 32.1. The minimum Gasteiger partial charge on any atom is -0.497 e. The van der Waals surface area contributed by atoms with Crippen LogP contribution in [0.5, 0.6) is 11.5 Å². The average molecular weight is 316 g/mol. The van der Waals surface area contributed by atoms with Crippen molar-refractivity contribution >= 4 is 18.4 Å². The smallest absolute Gasteiger partial charge is 0.196 e. The molecular weight excluding hydrogens is 296 g/mol. The maximum Gasteiger partial charge on any atom is 0.196 e. The molecule has 4 heteroatoms. The topological polar surface area (TPSA) is 35.5 Å². The second-order valence-electron chi connectivity index (χ2n) is 4.88. The van der Waals surface area contributed by atoms with E-state index in [0.29, 0.717) is 22.6 Å². The van der Waals surface area contributed by atoms with E-state index in [1.54, 1.807) is 37.4 Å². The standard InChI is InChI=1S/C18H20O3S/c1-3-14(12-22)21-17-7-5-4-6-16(17)18(19)13-8-10-15(20-2)11-9-13/h4-11,14,22H,3,12H2,1-2H3. The Morgan fingerprint density at radius 2 is 1.82 bits per heavy atom. The maximum absolute atomic E-state index is 12.7. The molecule has 0 bridgehead atoms. The van der Waals surface area contributed by atoms with Crippen LogP contribution in [0.4, 0.5) is 0 Å². The second-order valence-corrected chi connectivity index (χ2v) is 5.25. The largest absolute Gasteiger partial charge is 0.497 e. The Balaban J connectivity index is 2.28. The van der Waals surface area contributed by atoms with Gasteiger partial charge in [0.15, 0.2) is 5.78 Å². The summed E-state index contributed by atoms with van der Waals surface area (Å²) in [6.45, 7) is 2.04. The van der Waals surface area contributed by atoms with E-state index in [-0.39, 0.29) is 11.9 Å². The molecule has 0 aliphatic carbocycles. The van der Waals surface area contributed by atoms with Crippen molar-refractivity contribution < 1.29 is 14.3 Å². The van der Waals surface area contributed by atoms with Crippen LogP contribution in [0.3, 0.4) is 0 Å². The Morgan fingerprint density at radius 1 is 1.14 bits per heavy atom. The van der Waals surface area contributed by atoms with Gasteiger partial charge >= 0.3 is 0 Å². The van der Waals surface area contributed by atoms with Crippen molar-refractivity contribution in [1.29, 1.82) is 0 Å². The fourth-order valence-electron chi connectivity index (χ4n) is 2.08. The fraction of sp³-hybridized carbons (Fsp3) is 0.278. The molecule has 0 radical (unpaired) electrons. The number of ketones is 1. The molecule has 2 aromatic rings. The van der Waals surface area contributed by atoms with Gasteiger partial charge in [-0.1, -0.05) is 19.1 Å². The summed E-state index contributed by atoms with van der Waals surface area (Å²) >= 11 is 4.28. The van der Waals surface area contributed by atoms with Gasteiger partial charge in [0.25, 0.3) is 0 Å². The SMILES string of the molecule is CCC(CS)Oc1ccccc1C(=O)c1ccc(OC)cc1. The number of para-hydroxylation sites is 1. The van der Waals surface area contributed by atoms with Gasteiger partial charge in [-0.05, 0) is 42.8 Å². The number of benzene rings is 2. The molecule has 1 atom stereocenters. The molecule has 0 saturated carbocycles. The number of methoxy groups -OCH3 is 1. The van der Waals surface area contributed by atoms with E-state index >= 15 is 0 Å². The van der Waals surface area contributed by atoms with Gasteiger partial charge in [-0.15, -0.1) is 0 Å². The van der Waals surface area contributed by atoms with Crippen LogP contribution in [-0.4, -0.2) is 24.7 Å². The number of carbonyl (C=O) groups is 1. The van der Waals surface area contributed by atoms with Crippen LogP contribution in [0.1, 0.15) is 29.3 Å². The van der Waals surface area contributed by atoms with Crippen molar-refractivity contribution in [3.63, 3.8) is 0 Å². The molecule has 0 N–H and O–H groups in total. The van der Waals surface area contributed by atoms with Gasteiger partial charge in [0, 0.05) is 11.3 Å². The summed E-state index contributed by atoms with van der Waals surface area (Å²) in [5.74, 6) is 1.88. The molecule has 3 nitrogen and oxygen atoms in total. The zero-order valence-electron chi connectivity index (χ0n) is 12.8. The first kappa shape index (κ1) is 16.4. The Bertz CT molecular complexity index is 618. The van der Waals surface area contributed by atoms with E-state index in [9.17, 15) is 4.79 Å². The normalized spacial score (nSPS) is 11.8. The lowest BCUT2D eigenvalue weighted by atomic mass is 10.0. The molecule has 0 amide bonds. The maximum atomic E-state index is 12.7. The predicted octanol–water partition coefficient (Wildman–Crippen LogP) is 4.01. The first-order valence-electron chi connectivity index (χ1n) is 7.24. The molecule has 0 aromatic heterocycles. The summed E-state index contributed by atoms with van der Waals surface area (Å²) in [7, 11) is 1.60.